The second-order valence-corrected chi connectivity index (χ2v) is 15.1. The van der Waals surface area contributed by atoms with E-state index in [1.54, 1.807) is 94.7 Å². The fraction of sp³-hybridized carbons (Fsp3) is 0.286. The summed E-state index contributed by atoms with van der Waals surface area (Å²) < 4.78 is 30.1. The summed E-state index contributed by atoms with van der Waals surface area (Å²) in [5.74, 6) is 1.41. The monoisotopic (exact) mass is 697 g/mol. The molecule has 7 rings (SSSR count). The van der Waals surface area contributed by atoms with Crippen molar-refractivity contribution in [1.82, 2.24) is 34.4 Å². The van der Waals surface area contributed by atoms with Crippen molar-refractivity contribution in [3.05, 3.63) is 107 Å². The summed E-state index contributed by atoms with van der Waals surface area (Å²) in [5.41, 5.74) is 3.66. The van der Waals surface area contributed by atoms with Gasteiger partial charge in [-0.15, -0.1) is 11.8 Å². The van der Waals surface area contributed by atoms with Crippen LogP contribution >= 0.6 is 11.8 Å². The van der Waals surface area contributed by atoms with Crippen LogP contribution in [0.4, 0.5) is 4.79 Å². The Balaban J connectivity index is 0.891. The normalized spacial score (nSPS) is 17.9. The second kappa shape index (κ2) is 14.0. The standard InChI is InChI=1S/C35H35N7O5S2/c43-32(4-2-1-3-30-33-29(22-48-30)38-35(45)39-33)40-17-19-42(20-18-40)49(46,47)28-12-9-25(10-13-28)24-5-7-26(8-6-24)34(44)27-11-14-31(37-21-27)41-16-15-36-23-41/h5-16,21,23,29H,1-4,17-20,22H2,(H2,38,39,45)/t29-/m0/s1. The number of aromatic nitrogens is 3. The lowest BCUT2D eigenvalue weighted by molar-refractivity contribution is -0.132. The highest BCUT2D eigenvalue weighted by Gasteiger charge is 2.34. The molecule has 2 fully saturated rings. The van der Waals surface area contributed by atoms with Crippen molar-refractivity contribution in [2.24, 2.45) is 0 Å². The van der Waals surface area contributed by atoms with Crippen molar-refractivity contribution < 1.29 is 22.8 Å². The Bertz CT molecular complexity index is 1990. The van der Waals surface area contributed by atoms with Crippen LogP contribution in [0.2, 0.25) is 0 Å². The van der Waals surface area contributed by atoms with Gasteiger partial charge in [0.15, 0.2) is 5.78 Å². The predicted octanol–water partition coefficient (Wildman–Crippen LogP) is 4.20. The molecule has 1 atom stereocenters. The highest BCUT2D eigenvalue weighted by Crippen LogP contribution is 2.36. The average Bonchev–Trinajstić information content (AvgIpc) is 3.89. The van der Waals surface area contributed by atoms with Gasteiger partial charge in [-0.3, -0.25) is 14.2 Å². The molecule has 0 radical (unpaired) electrons. The van der Waals surface area contributed by atoms with E-state index in [-0.39, 0.29) is 41.7 Å². The number of nitrogens with one attached hydrogen (secondary N) is 2. The van der Waals surface area contributed by atoms with Crippen LogP contribution in [0.1, 0.15) is 41.6 Å². The summed E-state index contributed by atoms with van der Waals surface area (Å²) in [6, 6.07) is 17.4. The third kappa shape index (κ3) is 7.02. The Kier molecular flexibility index (Phi) is 9.34. The number of ketones is 1. The Hall–Kier alpha value is -4.79. The summed E-state index contributed by atoms with van der Waals surface area (Å²) in [5, 5.41) is 5.78. The molecule has 12 nitrogen and oxygen atoms in total. The average molecular weight is 698 g/mol. The number of sulfonamides is 1. The summed E-state index contributed by atoms with van der Waals surface area (Å²) in [4.78, 5) is 48.9. The lowest BCUT2D eigenvalue weighted by Gasteiger charge is -2.34. The van der Waals surface area contributed by atoms with Crippen LogP contribution < -0.4 is 10.6 Å². The third-order valence-electron chi connectivity index (χ3n) is 9.01. The number of urea groups is 1. The van der Waals surface area contributed by atoms with Crippen molar-refractivity contribution in [3.63, 3.8) is 0 Å². The summed E-state index contributed by atoms with van der Waals surface area (Å²) in [6.07, 6.45) is 9.48. The van der Waals surface area contributed by atoms with E-state index in [1.807, 2.05) is 12.1 Å². The molecule has 2 aromatic carbocycles. The number of carbonyl (C=O) groups is 3. The molecule has 2 saturated heterocycles. The Morgan fingerprint density at radius 1 is 0.898 bits per heavy atom. The van der Waals surface area contributed by atoms with E-state index in [2.05, 4.69) is 20.6 Å². The Morgan fingerprint density at radius 2 is 1.61 bits per heavy atom. The molecule has 2 N–H and O–H groups in total. The summed E-state index contributed by atoms with van der Waals surface area (Å²) >= 11 is 1.75. The number of pyridine rings is 1. The van der Waals surface area contributed by atoms with Crippen molar-refractivity contribution in [3.8, 4) is 16.9 Å². The van der Waals surface area contributed by atoms with Gasteiger partial charge in [0, 0.05) is 73.0 Å². The molecule has 0 aliphatic carbocycles. The highest BCUT2D eigenvalue weighted by atomic mass is 32.2. The quantitative estimate of drug-likeness (QED) is 0.175. The predicted molar refractivity (Wildman–Crippen MR) is 185 cm³/mol. The highest BCUT2D eigenvalue weighted by molar-refractivity contribution is 8.03. The van der Waals surface area contributed by atoms with Gasteiger partial charge in [-0.25, -0.2) is 23.2 Å². The van der Waals surface area contributed by atoms with E-state index >= 15 is 0 Å². The fourth-order valence-electron chi connectivity index (χ4n) is 6.25. The van der Waals surface area contributed by atoms with E-state index in [0.29, 0.717) is 36.5 Å². The lowest BCUT2D eigenvalue weighted by Crippen LogP contribution is -2.50. The maximum absolute atomic E-state index is 13.4. The first-order valence-electron chi connectivity index (χ1n) is 16.2. The number of nitrogens with zero attached hydrogens (tertiary/aromatic N) is 5. The SMILES string of the molecule is O=C1NC2=C(CCCCC(=O)N3CCN(S(=O)(=O)c4ccc(-c5ccc(C(=O)c6ccc(-n7ccnc7)nc6)cc5)cc4)CC3)SC[C@@H]2N1. The molecule has 3 aliphatic rings. The van der Waals surface area contributed by atoms with Gasteiger partial charge in [-0.2, -0.15) is 4.31 Å². The number of fused-ring (bicyclic) bond motifs is 1. The lowest BCUT2D eigenvalue weighted by atomic mass is 10.0. The number of benzene rings is 2. The molecule has 3 amide bonds. The number of rotatable bonds is 11. The van der Waals surface area contributed by atoms with Gasteiger partial charge >= 0.3 is 6.03 Å². The molecule has 0 saturated carbocycles. The smallest absolute Gasteiger partial charge is 0.319 e. The molecule has 5 heterocycles. The largest absolute Gasteiger partial charge is 0.340 e. The zero-order valence-corrected chi connectivity index (χ0v) is 28.3. The van der Waals surface area contributed by atoms with E-state index < -0.39 is 10.0 Å². The topological polar surface area (TPSA) is 147 Å². The first-order chi connectivity index (χ1) is 23.8. The number of piperazine rings is 1. The molecule has 0 unspecified atom stereocenters. The van der Waals surface area contributed by atoms with Crippen molar-refractivity contribution in [2.45, 2.75) is 36.6 Å². The van der Waals surface area contributed by atoms with Crippen LogP contribution in [0, 0.1) is 0 Å². The minimum Gasteiger partial charge on any atom is -0.340 e. The van der Waals surface area contributed by atoms with Crippen LogP contribution in [0.3, 0.4) is 0 Å². The first kappa shape index (κ1) is 32.7. The fourth-order valence-corrected chi connectivity index (χ4v) is 8.93. The molecule has 14 heteroatoms. The molecule has 2 aromatic heterocycles. The van der Waals surface area contributed by atoms with Crippen LogP contribution in [0.15, 0.2) is 101 Å². The molecule has 49 heavy (non-hydrogen) atoms. The minimum absolute atomic E-state index is 0.0414. The van der Waals surface area contributed by atoms with Gasteiger partial charge in [-0.05, 0) is 54.7 Å². The van der Waals surface area contributed by atoms with E-state index in [9.17, 15) is 22.8 Å². The molecule has 0 bridgehead atoms. The van der Waals surface area contributed by atoms with E-state index in [4.69, 9.17) is 0 Å². The van der Waals surface area contributed by atoms with Gasteiger partial charge in [0.2, 0.25) is 15.9 Å². The maximum Gasteiger partial charge on any atom is 0.319 e. The number of imidazole rings is 1. The van der Waals surface area contributed by atoms with Crippen molar-refractivity contribution in [1.29, 1.82) is 0 Å². The van der Waals surface area contributed by atoms with Crippen LogP contribution in [-0.2, 0) is 14.8 Å². The molecule has 0 spiro atoms. The molecule has 4 aromatic rings. The van der Waals surface area contributed by atoms with Crippen molar-refractivity contribution in [2.75, 3.05) is 31.9 Å². The third-order valence-corrected chi connectivity index (χ3v) is 12.2. The van der Waals surface area contributed by atoms with E-state index in [1.165, 1.54) is 9.21 Å². The van der Waals surface area contributed by atoms with Gasteiger partial charge in [0.05, 0.1) is 16.6 Å². The molecule has 3 aliphatic heterocycles. The zero-order valence-electron chi connectivity index (χ0n) is 26.6. The van der Waals surface area contributed by atoms with Crippen LogP contribution in [0.5, 0.6) is 0 Å². The second-order valence-electron chi connectivity index (χ2n) is 12.1. The maximum atomic E-state index is 13.4. The molecular formula is C35H35N7O5S2. The van der Waals surface area contributed by atoms with Gasteiger partial charge < -0.3 is 15.5 Å². The first-order valence-corrected chi connectivity index (χ1v) is 18.6. The van der Waals surface area contributed by atoms with E-state index in [0.717, 1.165) is 41.8 Å². The number of unbranched alkanes of at least 4 members (excludes halogenated alkanes) is 1. The molecule has 252 valence electrons. The summed E-state index contributed by atoms with van der Waals surface area (Å²) in [7, 11) is -3.72. The van der Waals surface area contributed by atoms with Crippen LogP contribution in [0.25, 0.3) is 16.9 Å². The number of hydrogen-bond acceptors (Lipinski definition) is 8. The Morgan fingerprint density at radius 3 is 2.29 bits per heavy atom. The Labute approximate surface area is 288 Å². The zero-order chi connectivity index (χ0) is 34.0. The van der Waals surface area contributed by atoms with Crippen LogP contribution in [-0.4, -0.2) is 87.9 Å². The number of hydrogen-bond donors (Lipinski definition) is 2. The number of allylic oxidation sites excluding steroid dienone is 1. The number of amides is 3. The number of thioether (sulfide) groups is 1. The number of carbonyl (C=O) groups excluding carboxylic acids is 3. The van der Waals surface area contributed by atoms with Gasteiger partial charge in [0.25, 0.3) is 0 Å². The summed E-state index contributed by atoms with van der Waals surface area (Å²) in [6.45, 7) is 1.20. The minimum atomic E-state index is -3.72. The van der Waals surface area contributed by atoms with Crippen molar-refractivity contribution >= 4 is 39.5 Å². The molecular weight excluding hydrogens is 663 g/mol. The van der Waals surface area contributed by atoms with Gasteiger partial charge in [-0.1, -0.05) is 36.4 Å². The van der Waals surface area contributed by atoms with Gasteiger partial charge in [0.1, 0.15) is 12.1 Å².